The maximum atomic E-state index is 2.53. The average molecular weight is 353 g/mol. The van der Waals surface area contributed by atoms with Crippen molar-refractivity contribution in [3.05, 3.63) is 0 Å². The zero-order valence-corrected chi connectivity index (χ0v) is 19.6. The van der Waals surface area contributed by atoms with E-state index >= 15 is 0 Å². The van der Waals surface area contributed by atoms with Gasteiger partial charge in [-0.2, -0.15) is 0 Å². The summed E-state index contributed by atoms with van der Waals surface area (Å²) in [6.45, 7) is 24.6. The summed E-state index contributed by atoms with van der Waals surface area (Å²) >= 11 is 0. The van der Waals surface area contributed by atoms with Crippen LogP contribution in [-0.2, 0) is 0 Å². The van der Waals surface area contributed by atoms with Crippen molar-refractivity contribution < 1.29 is 0 Å². The Bertz CT molecular complexity index is 320. The van der Waals surface area contributed by atoms with Crippen molar-refractivity contribution in [2.45, 2.75) is 121 Å². The maximum absolute atomic E-state index is 2.53. The summed E-state index contributed by atoms with van der Waals surface area (Å²) in [7, 11) is 0. The summed E-state index contributed by atoms with van der Waals surface area (Å²) in [5.41, 5.74) is 0.570. The molecule has 0 amide bonds. The van der Waals surface area contributed by atoms with E-state index in [1.807, 2.05) is 0 Å². The Morgan fingerprint density at radius 3 is 1.68 bits per heavy atom. The molecule has 0 saturated heterocycles. The summed E-state index contributed by atoms with van der Waals surface area (Å²) in [5, 5.41) is 0. The highest BCUT2D eigenvalue weighted by molar-refractivity contribution is 4.79. The van der Waals surface area contributed by atoms with E-state index in [1.54, 1.807) is 0 Å². The predicted molar refractivity (Wildman–Crippen MR) is 117 cm³/mol. The lowest BCUT2D eigenvalue weighted by atomic mass is 9.69. The molecule has 0 saturated carbocycles. The van der Waals surface area contributed by atoms with Crippen molar-refractivity contribution in [1.82, 2.24) is 0 Å². The highest BCUT2D eigenvalue weighted by Crippen LogP contribution is 2.39. The van der Waals surface area contributed by atoms with Crippen LogP contribution in [0.5, 0.6) is 0 Å². The van der Waals surface area contributed by atoms with Gasteiger partial charge < -0.3 is 0 Å². The minimum atomic E-state index is 0.570. The molecule has 0 radical (unpaired) electrons. The zero-order valence-electron chi connectivity index (χ0n) is 19.6. The predicted octanol–water partition coefficient (Wildman–Crippen LogP) is 8.99. The average Bonchev–Trinajstić information content (AvgIpc) is 2.58. The van der Waals surface area contributed by atoms with E-state index in [9.17, 15) is 0 Å². The molecule has 0 aliphatic carbocycles. The fourth-order valence-electron chi connectivity index (χ4n) is 4.90. The molecule has 0 aliphatic rings. The fourth-order valence-corrected chi connectivity index (χ4v) is 4.90. The third-order valence-corrected chi connectivity index (χ3v) is 7.92. The van der Waals surface area contributed by atoms with E-state index in [0.29, 0.717) is 5.41 Å². The molecule has 0 aromatic carbocycles. The molecule has 0 bridgehead atoms. The molecule has 0 rings (SSSR count). The Morgan fingerprint density at radius 1 is 0.640 bits per heavy atom. The molecule has 0 aromatic heterocycles. The second-order valence-electron chi connectivity index (χ2n) is 10.1. The van der Waals surface area contributed by atoms with Crippen LogP contribution in [0.4, 0.5) is 0 Å². The molecular formula is C25H52. The number of rotatable bonds is 14. The van der Waals surface area contributed by atoms with Crippen LogP contribution in [0.1, 0.15) is 121 Å². The molecule has 0 fully saturated rings. The lowest BCUT2D eigenvalue weighted by Gasteiger charge is -2.36. The van der Waals surface area contributed by atoms with Gasteiger partial charge in [-0.25, -0.2) is 0 Å². The highest BCUT2D eigenvalue weighted by atomic mass is 14.3. The summed E-state index contributed by atoms with van der Waals surface area (Å²) in [6, 6.07) is 0. The maximum Gasteiger partial charge on any atom is -0.0328 e. The number of hydrogen-bond donors (Lipinski definition) is 0. The third kappa shape index (κ3) is 8.96. The number of hydrogen-bond acceptors (Lipinski definition) is 0. The molecule has 0 nitrogen and oxygen atoms in total. The van der Waals surface area contributed by atoms with Gasteiger partial charge in [0.25, 0.3) is 0 Å². The van der Waals surface area contributed by atoms with Crippen molar-refractivity contribution in [3.8, 4) is 0 Å². The summed E-state index contributed by atoms with van der Waals surface area (Å²) in [6.07, 6.45) is 11.0. The van der Waals surface area contributed by atoms with E-state index in [-0.39, 0.29) is 0 Å². The van der Waals surface area contributed by atoms with Gasteiger partial charge in [-0.1, -0.05) is 94.9 Å². The van der Waals surface area contributed by atoms with Gasteiger partial charge in [-0.15, -0.1) is 0 Å². The molecule has 7 unspecified atom stereocenters. The molecule has 0 heterocycles. The second kappa shape index (κ2) is 12.4. The van der Waals surface area contributed by atoms with Gasteiger partial charge in [0.2, 0.25) is 0 Å². The second-order valence-corrected chi connectivity index (χ2v) is 10.1. The van der Waals surface area contributed by atoms with E-state index in [2.05, 4.69) is 69.2 Å². The van der Waals surface area contributed by atoms with Crippen molar-refractivity contribution in [2.24, 2.45) is 40.9 Å². The molecule has 0 heteroatoms. The monoisotopic (exact) mass is 352 g/mol. The van der Waals surface area contributed by atoms with E-state index in [0.717, 1.165) is 35.5 Å². The SMILES string of the molecule is CCCC(C)CC(C)C(C)C(C)C(C)C(C)CCC(C)(CC)CCC. The molecule has 7 atom stereocenters. The van der Waals surface area contributed by atoms with Crippen LogP contribution in [-0.4, -0.2) is 0 Å². The Hall–Kier alpha value is 0. The topological polar surface area (TPSA) is 0 Å². The minimum absolute atomic E-state index is 0.570. The Kier molecular flexibility index (Phi) is 12.4. The van der Waals surface area contributed by atoms with Crippen molar-refractivity contribution in [2.75, 3.05) is 0 Å². The highest BCUT2D eigenvalue weighted by Gasteiger charge is 2.29. The molecule has 0 N–H and O–H groups in total. The lowest BCUT2D eigenvalue weighted by Crippen LogP contribution is -2.28. The molecule has 152 valence electrons. The first-order valence-corrected chi connectivity index (χ1v) is 11.6. The van der Waals surface area contributed by atoms with Crippen molar-refractivity contribution >= 4 is 0 Å². The Morgan fingerprint density at radius 2 is 1.20 bits per heavy atom. The Balaban J connectivity index is 4.56. The largest absolute Gasteiger partial charge is 0.0654 e. The normalized spacial score (nSPS) is 21.8. The first-order chi connectivity index (χ1) is 11.6. The van der Waals surface area contributed by atoms with E-state index in [4.69, 9.17) is 0 Å². The van der Waals surface area contributed by atoms with E-state index in [1.165, 1.54) is 51.4 Å². The van der Waals surface area contributed by atoms with Crippen LogP contribution in [0.25, 0.3) is 0 Å². The van der Waals surface area contributed by atoms with Crippen LogP contribution in [0.15, 0.2) is 0 Å². The third-order valence-electron chi connectivity index (χ3n) is 7.92. The van der Waals surface area contributed by atoms with Gasteiger partial charge in [-0.05, 0) is 66.6 Å². The molecule has 0 aliphatic heterocycles. The summed E-state index contributed by atoms with van der Waals surface area (Å²) in [5.74, 6) is 5.10. The Labute approximate surface area is 161 Å². The van der Waals surface area contributed by atoms with Gasteiger partial charge in [-0.3, -0.25) is 0 Å². The van der Waals surface area contributed by atoms with Gasteiger partial charge in [0, 0.05) is 0 Å². The van der Waals surface area contributed by atoms with Crippen LogP contribution in [0.3, 0.4) is 0 Å². The van der Waals surface area contributed by atoms with Gasteiger partial charge >= 0.3 is 0 Å². The van der Waals surface area contributed by atoms with Crippen LogP contribution in [0, 0.1) is 40.9 Å². The van der Waals surface area contributed by atoms with Crippen LogP contribution in [0.2, 0.25) is 0 Å². The molecule has 0 spiro atoms. The molecule has 25 heavy (non-hydrogen) atoms. The first kappa shape index (κ1) is 25.0. The fraction of sp³-hybridized carbons (Fsp3) is 1.00. The van der Waals surface area contributed by atoms with Crippen molar-refractivity contribution in [1.29, 1.82) is 0 Å². The smallest absolute Gasteiger partial charge is 0.0328 e. The van der Waals surface area contributed by atoms with Gasteiger partial charge in [0.15, 0.2) is 0 Å². The zero-order chi connectivity index (χ0) is 19.6. The molecule has 0 aromatic rings. The summed E-state index contributed by atoms with van der Waals surface area (Å²) in [4.78, 5) is 0. The standard InChI is InChI=1S/C25H52/c1-11-14-19(4)18-21(6)23(8)24(9)22(7)20(5)15-17-25(10,13-3)16-12-2/h19-24H,11-18H2,1-10H3. The van der Waals surface area contributed by atoms with E-state index < -0.39 is 0 Å². The van der Waals surface area contributed by atoms with Crippen molar-refractivity contribution in [3.63, 3.8) is 0 Å². The summed E-state index contributed by atoms with van der Waals surface area (Å²) < 4.78 is 0. The van der Waals surface area contributed by atoms with Crippen LogP contribution < -0.4 is 0 Å². The van der Waals surface area contributed by atoms with Gasteiger partial charge in [0.05, 0.1) is 0 Å². The lowest BCUT2D eigenvalue weighted by molar-refractivity contribution is 0.136. The first-order valence-electron chi connectivity index (χ1n) is 11.6. The minimum Gasteiger partial charge on any atom is -0.0654 e. The van der Waals surface area contributed by atoms with Crippen LogP contribution >= 0.6 is 0 Å². The van der Waals surface area contributed by atoms with Gasteiger partial charge in [0.1, 0.15) is 0 Å². The molecular weight excluding hydrogens is 300 g/mol. The quantitative estimate of drug-likeness (QED) is 0.292.